The number of nitrogens with one attached hydrogen (secondary N) is 1. The average molecular weight is 423 g/mol. The van der Waals surface area contributed by atoms with Gasteiger partial charge in [-0.25, -0.2) is 12.8 Å². The minimum atomic E-state index is -3.78. The molecule has 5 nitrogen and oxygen atoms in total. The molecule has 8 heteroatoms. The monoisotopic (exact) mass is 422 g/mol. The molecule has 1 amide bonds. The van der Waals surface area contributed by atoms with E-state index < -0.39 is 21.9 Å². The van der Waals surface area contributed by atoms with Crippen LogP contribution in [0.3, 0.4) is 0 Å². The van der Waals surface area contributed by atoms with Crippen LogP contribution in [0.5, 0.6) is 0 Å². The van der Waals surface area contributed by atoms with Crippen molar-refractivity contribution in [2.24, 2.45) is 0 Å². The molecule has 0 unspecified atom stereocenters. The van der Waals surface area contributed by atoms with E-state index in [4.69, 9.17) is 0 Å². The Bertz CT molecular complexity index is 933. The molecule has 1 heterocycles. The van der Waals surface area contributed by atoms with E-state index in [0.29, 0.717) is 13.0 Å². The molecular formula is C20H23FN2O3S2. The summed E-state index contributed by atoms with van der Waals surface area (Å²) in [4.78, 5) is 13.6. The Morgan fingerprint density at radius 1 is 1.18 bits per heavy atom. The van der Waals surface area contributed by atoms with Gasteiger partial charge in [-0.05, 0) is 55.5 Å². The van der Waals surface area contributed by atoms with Crippen molar-refractivity contribution < 1.29 is 17.6 Å². The van der Waals surface area contributed by atoms with E-state index in [9.17, 15) is 17.6 Å². The Morgan fingerprint density at radius 2 is 1.89 bits per heavy atom. The quantitative estimate of drug-likeness (QED) is 0.711. The zero-order valence-corrected chi connectivity index (χ0v) is 17.2. The lowest BCUT2D eigenvalue weighted by Crippen LogP contribution is -2.45. The maximum atomic E-state index is 13.2. The van der Waals surface area contributed by atoms with Crippen molar-refractivity contribution >= 4 is 33.4 Å². The molecule has 1 N–H and O–H groups in total. The Balaban J connectivity index is 1.76. The Hall–Kier alpha value is -1.90. The van der Waals surface area contributed by atoms with E-state index in [0.717, 1.165) is 35.6 Å². The van der Waals surface area contributed by atoms with Crippen LogP contribution in [0.2, 0.25) is 0 Å². The summed E-state index contributed by atoms with van der Waals surface area (Å²) in [5, 5.41) is 2.90. The summed E-state index contributed by atoms with van der Waals surface area (Å²) in [5.41, 5.74) is 0.726. The molecule has 0 spiro atoms. The van der Waals surface area contributed by atoms with Gasteiger partial charge >= 0.3 is 0 Å². The highest BCUT2D eigenvalue weighted by Crippen LogP contribution is 2.29. The molecule has 150 valence electrons. The van der Waals surface area contributed by atoms with E-state index in [1.165, 1.54) is 28.2 Å². The number of halogens is 1. The first kappa shape index (κ1) is 20.8. The Kier molecular flexibility index (Phi) is 6.74. The second kappa shape index (κ2) is 9.07. The first-order chi connectivity index (χ1) is 13.4. The van der Waals surface area contributed by atoms with Crippen LogP contribution >= 0.6 is 11.8 Å². The van der Waals surface area contributed by atoms with Crippen molar-refractivity contribution in [2.75, 3.05) is 18.1 Å². The predicted octanol–water partition coefficient (Wildman–Crippen LogP) is 4.12. The zero-order chi connectivity index (χ0) is 20.1. The van der Waals surface area contributed by atoms with Gasteiger partial charge in [0.1, 0.15) is 5.82 Å². The molecule has 3 rings (SSSR count). The molecule has 0 aliphatic carbocycles. The van der Waals surface area contributed by atoms with Crippen LogP contribution < -0.4 is 5.32 Å². The van der Waals surface area contributed by atoms with Gasteiger partial charge in [0, 0.05) is 23.9 Å². The van der Waals surface area contributed by atoms with E-state index in [-0.39, 0.29) is 17.2 Å². The number of hydrogen-bond donors (Lipinski definition) is 1. The first-order valence-corrected chi connectivity index (χ1v) is 11.8. The minimum Gasteiger partial charge on any atom is -0.325 e. The largest absolute Gasteiger partial charge is 0.325 e. The van der Waals surface area contributed by atoms with Crippen LogP contribution in [0.1, 0.15) is 25.7 Å². The maximum Gasteiger partial charge on any atom is 0.243 e. The van der Waals surface area contributed by atoms with Crippen molar-refractivity contribution in [3.63, 3.8) is 0 Å². The molecule has 0 radical (unpaired) electrons. The van der Waals surface area contributed by atoms with Gasteiger partial charge in [0.15, 0.2) is 0 Å². The number of hydrogen-bond acceptors (Lipinski definition) is 4. The number of sulfonamides is 1. The summed E-state index contributed by atoms with van der Waals surface area (Å²) in [6.45, 7) is 0.360. The molecule has 1 aliphatic rings. The van der Waals surface area contributed by atoms with Crippen molar-refractivity contribution in [1.29, 1.82) is 0 Å². The summed E-state index contributed by atoms with van der Waals surface area (Å²) in [7, 11) is -3.78. The molecular weight excluding hydrogens is 399 g/mol. The number of carbonyl (C=O) groups is 1. The molecule has 1 aliphatic heterocycles. The number of carbonyl (C=O) groups excluding carboxylic acids is 1. The van der Waals surface area contributed by atoms with Gasteiger partial charge in [-0.1, -0.05) is 18.6 Å². The number of anilines is 1. The van der Waals surface area contributed by atoms with Crippen LogP contribution in [0.4, 0.5) is 10.1 Å². The summed E-state index contributed by atoms with van der Waals surface area (Å²) in [6.07, 6.45) is 4.26. The molecule has 1 fully saturated rings. The average Bonchev–Trinajstić information content (AvgIpc) is 2.69. The third-order valence-corrected chi connectivity index (χ3v) is 7.56. The van der Waals surface area contributed by atoms with E-state index >= 15 is 0 Å². The molecule has 0 saturated carbocycles. The third-order valence-electron chi connectivity index (χ3n) is 4.80. The Morgan fingerprint density at radius 3 is 2.61 bits per heavy atom. The second-order valence-electron chi connectivity index (χ2n) is 6.67. The number of para-hydroxylation sites is 1. The minimum absolute atomic E-state index is 0.0499. The first-order valence-electron chi connectivity index (χ1n) is 9.12. The van der Waals surface area contributed by atoms with Crippen LogP contribution in [0, 0.1) is 5.82 Å². The highest BCUT2D eigenvalue weighted by atomic mass is 32.2. The lowest BCUT2D eigenvalue weighted by molar-refractivity contribution is -0.117. The molecule has 0 bridgehead atoms. The summed E-state index contributed by atoms with van der Waals surface area (Å²) >= 11 is 1.54. The van der Waals surface area contributed by atoms with Crippen LogP contribution in [-0.4, -0.2) is 37.5 Å². The fourth-order valence-electron chi connectivity index (χ4n) is 3.40. The normalized spacial score (nSPS) is 18.0. The zero-order valence-electron chi connectivity index (χ0n) is 15.6. The van der Waals surface area contributed by atoms with Crippen LogP contribution in [0.25, 0.3) is 0 Å². The number of thioether (sulfide) groups is 1. The molecule has 1 atom stereocenters. The summed E-state index contributed by atoms with van der Waals surface area (Å²) in [5.74, 6) is -0.700. The van der Waals surface area contributed by atoms with Crippen molar-refractivity contribution in [1.82, 2.24) is 4.31 Å². The van der Waals surface area contributed by atoms with E-state index in [1.54, 1.807) is 0 Å². The van der Waals surface area contributed by atoms with Gasteiger partial charge < -0.3 is 5.32 Å². The second-order valence-corrected chi connectivity index (χ2v) is 9.41. The van der Waals surface area contributed by atoms with Gasteiger partial charge in [-0.15, -0.1) is 11.8 Å². The summed E-state index contributed by atoms with van der Waals surface area (Å²) < 4.78 is 40.6. The topological polar surface area (TPSA) is 66.5 Å². The third kappa shape index (κ3) is 4.74. The lowest BCUT2D eigenvalue weighted by Gasteiger charge is -2.34. The van der Waals surface area contributed by atoms with Gasteiger partial charge in [0.25, 0.3) is 0 Å². The van der Waals surface area contributed by atoms with Crippen molar-refractivity contribution in [3.05, 3.63) is 54.3 Å². The maximum absolute atomic E-state index is 13.2. The number of amides is 1. The fourth-order valence-corrected chi connectivity index (χ4v) is 5.65. The number of nitrogens with zero attached hydrogens (tertiary/aromatic N) is 1. The SMILES string of the molecule is CSc1ccccc1NC(=O)C[C@@H]1CCCCN1S(=O)(=O)c1ccc(F)cc1. The molecule has 0 aromatic heterocycles. The fraction of sp³-hybridized carbons (Fsp3) is 0.350. The molecule has 28 heavy (non-hydrogen) atoms. The van der Waals surface area contributed by atoms with Gasteiger partial charge in [0.2, 0.25) is 15.9 Å². The number of benzene rings is 2. The standard InChI is InChI=1S/C20H23FN2O3S2/c1-27-19-8-3-2-7-18(19)22-20(24)14-16-6-4-5-13-23(16)28(25,26)17-11-9-15(21)10-12-17/h2-3,7-12,16H,4-6,13-14H2,1H3,(H,22,24)/t16-/m0/s1. The van der Waals surface area contributed by atoms with Crippen molar-refractivity contribution in [3.8, 4) is 0 Å². The summed E-state index contributed by atoms with van der Waals surface area (Å²) in [6, 6.07) is 11.9. The van der Waals surface area contributed by atoms with E-state index in [1.807, 2.05) is 30.5 Å². The van der Waals surface area contributed by atoms with Crippen LogP contribution in [0.15, 0.2) is 58.3 Å². The highest BCUT2D eigenvalue weighted by molar-refractivity contribution is 7.98. The number of piperidine rings is 1. The lowest BCUT2D eigenvalue weighted by atomic mass is 10.0. The van der Waals surface area contributed by atoms with Crippen molar-refractivity contribution in [2.45, 2.75) is 41.5 Å². The predicted molar refractivity (Wildman–Crippen MR) is 109 cm³/mol. The van der Waals surface area contributed by atoms with E-state index in [2.05, 4.69) is 5.32 Å². The molecule has 1 saturated heterocycles. The molecule has 2 aromatic carbocycles. The van der Waals surface area contributed by atoms with Gasteiger partial charge in [0.05, 0.1) is 10.6 Å². The smallest absolute Gasteiger partial charge is 0.243 e. The van der Waals surface area contributed by atoms with Crippen LogP contribution in [-0.2, 0) is 14.8 Å². The van der Waals surface area contributed by atoms with Gasteiger partial charge in [-0.3, -0.25) is 4.79 Å². The van der Waals surface area contributed by atoms with Gasteiger partial charge in [-0.2, -0.15) is 4.31 Å². The highest BCUT2D eigenvalue weighted by Gasteiger charge is 2.34. The number of rotatable bonds is 6. The Labute approximate surface area is 169 Å². The molecule has 2 aromatic rings.